The number of piperazine rings is 1. The zero-order valence-electron chi connectivity index (χ0n) is 15.1. The third kappa shape index (κ3) is 4.46. The molecule has 8 heteroatoms. The molecule has 1 saturated heterocycles. The van der Waals surface area contributed by atoms with Gasteiger partial charge in [-0.3, -0.25) is 10.1 Å². The van der Waals surface area contributed by atoms with Crippen LogP contribution in [-0.4, -0.2) is 48.6 Å². The normalized spacial score (nSPS) is 14.0. The van der Waals surface area contributed by atoms with Crippen LogP contribution in [0.25, 0.3) is 0 Å². The molecule has 142 valence electrons. The Hall–Kier alpha value is -3.29. The summed E-state index contributed by atoms with van der Waals surface area (Å²) in [4.78, 5) is 26.6. The van der Waals surface area contributed by atoms with Gasteiger partial charge in [-0.1, -0.05) is 12.1 Å². The van der Waals surface area contributed by atoms with Crippen LogP contribution in [-0.2, 0) is 0 Å². The SMILES string of the molecule is CCOc1ccccc1N1CCN(C(=O)Nc2ccc([N+](=O)[O-])cc2)CC1. The molecule has 0 bridgehead atoms. The lowest BCUT2D eigenvalue weighted by atomic mass is 10.2. The quantitative estimate of drug-likeness (QED) is 0.644. The number of benzene rings is 2. The van der Waals surface area contributed by atoms with Gasteiger partial charge in [-0.15, -0.1) is 0 Å². The van der Waals surface area contributed by atoms with E-state index < -0.39 is 4.92 Å². The summed E-state index contributed by atoms with van der Waals surface area (Å²) in [6, 6.07) is 13.5. The van der Waals surface area contributed by atoms with Crippen LogP contribution in [0.1, 0.15) is 6.92 Å². The summed E-state index contributed by atoms with van der Waals surface area (Å²) in [7, 11) is 0. The Morgan fingerprint density at radius 1 is 1.11 bits per heavy atom. The van der Waals surface area contributed by atoms with E-state index in [9.17, 15) is 14.9 Å². The average Bonchev–Trinajstić information content (AvgIpc) is 2.69. The fourth-order valence-electron chi connectivity index (χ4n) is 3.02. The Kier molecular flexibility index (Phi) is 5.75. The number of rotatable bonds is 5. The van der Waals surface area contributed by atoms with Crippen LogP contribution in [0.5, 0.6) is 5.75 Å². The number of anilines is 2. The van der Waals surface area contributed by atoms with E-state index in [2.05, 4.69) is 10.2 Å². The Balaban J connectivity index is 1.57. The van der Waals surface area contributed by atoms with E-state index in [0.717, 1.165) is 11.4 Å². The van der Waals surface area contributed by atoms with Crippen LogP contribution in [0.4, 0.5) is 21.9 Å². The van der Waals surface area contributed by atoms with Crippen LogP contribution in [0.3, 0.4) is 0 Å². The largest absolute Gasteiger partial charge is 0.492 e. The molecule has 0 atom stereocenters. The van der Waals surface area contributed by atoms with Crippen molar-refractivity contribution in [2.75, 3.05) is 43.0 Å². The first-order chi connectivity index (χ1) is 13.1. The number of carbonyl (C=O) groups is 1. The number of urea groups is 1. The van der Waals surface area contributed by atoms with Gasteiger partial charge in [-0.05, 0) is 31.2 Å². The maximum absolute atomic E-state index is 12.4. The molecule has 1 aliphatic heterocycles. The predicted octanol–water partition coefficient (Wildman–Crippen LogP) is 3.35. The molecule has 0 radical (unpaired) electrons. The van der Waals surface area contributed by atoms with Gasteiger partial charge in [0.15, 0.2) is 0 Å². The second-order valence-corrected chi connectivity index (χ2v) is 6.11. The number of nitrogens with one attached hydrogen (secondary N) is 1. The molecule has 1 fully saturated rings. The van der Waals surface area contributed by atoms with E-state index in [1.807, 2.05) is 31.2 Å². The molecule has 0 aromatic heterocycles. The Labute approximate surface area is 157 Å². The summed E-state index contributed by atoms with van der Waals surface area (Å²) in [6.07, 6.45) is 0. The van der Waals surface area contributed by atoms with Gasteiger partial charge in [0.05, 0.1) is 17.2 Å². The van der Waals surface area contributed by atoms with Gasteiger partial charge in [0.2, 0.25) is 0 Å². The van der Waals surface area contributed by atoms with Crippen LogP contribution in [0, 0.1) is 10.1 Å². The fraction of sp³-hybridized carbons (Fsp3) is 0.316. The minimum absolute atomic E-state index is 0.00502. The molecule has 2 amide bonds. The average molecular weight is 370 g/mol. The van der Waals surface area contributed by atoms with Gasteiger partial charge >= 0.3 is 6.03 Å². The highest BCUT2D eigenvalue weighted by atomic mass is 16.6. The highest BCUT2D eigenvalue weighted by Crippen LogP contribution is 2.29. The topological polar surface area (TPSA) is 88.0 Å². The summed E-state index contributed by atoms with van der Waals surface area (Å²) in [5, 5.41) is 13.5. The lowest BCUT2D eigenvalue weighted by Gasteiger charge is -2.36. The maximum atomic E-state index is 12.4. The lowest BCUT2D eigenvalue weighted by Crippen LogP contribution is -2.50. The summed E-state index contributed by atoms with van der Waals surface area (Å²) in [5.41, 5.74) is 1.57. The third-order valence-electron chi connectivity index (χ3n) is 4.40. The Bertz CT molecular complexity index is 802. The number of hydrogen-bond acceptors (Lipinski definition) is 5. The van der Waals surface area contributed by atoms with Crippen molar-refractivity contribution >= 4 is 23.1 Å². The smallest absolute Gasteiger partial charge is 0.321 e. The van der Waals surface area contributed by atoms with Gasteiger partial charge in [-0.25, -0.2) is 4.79 Å². The van der Waals surface area contributed by atoms with Crippen LogP contribution < -0.4 is 15.0 Å². The van der Waals surface area contributed by atoms with Gasteiger partial charge in [0, 0.05) is 44.0 Å². The van der Waals surface area contributed by atoms with Crippen molar-refractivity contribution in [1.29, 1.82) is 0 Å². The number of nitrogens with zero attached hydrogens (tertiary/aromatic N) is 3. The Morgan fingerprint density at radius 3 is 2.41 bits per heavy atom. The monoisotopic (exact) mass is 370 g/mol. The van der Waals surface area contributed by atoms with Crippen molar-refractivity contribution in [2.45, 2.75) is 6.92 Å². The minimum atomic E-state index is -0.467. The van der Waals surface area contributed by atoms with Gasteiger partial charge in [0.1, 0.15) is 5.75 Å². The van der Waals surface area contributed by atoms with E-state index in [4.69, 9.17) is 4.74 Å². The molecule has 1 heterocycles. The molecule has 0 spiro atoms. The number of non-ortho nitro benzene ring substituents is 1. The van der Waals surface area contributed by atoms with Gasteiger partial charge < -0.3 is 19.9 Å². The zero-order chi connectivity index (χ0) is 19.2. The number of nitro groups is 1. The first-order valence-corrected chi connectivity index (χ1v) is 8.85. The molecule has 0 unspecified atom stereocenters. The second kappa shape index (κ2) is 8.39. The molecule has 3 rings (SSSR count). The van der Waals surface area contributed by atoms with E-state index in [1.54, 1.807) is 4.90 Å². The van der Waals surface area contributed by atoms with E-state index >= 15 is 0 Å². The van der Waals surface area contributed by atoms with Crippen molar-refractivity contribution in [3.05, 3.63) is 58.6 Å². The summed E-state index contributed by atoms with van der Waals surface area (Å²) >= 11 is 0. The van der Waals surface area contributed by atoms with Crippen molar-refractivity contribution < 1.29 is 14.5 Å². The van der Waals surface area contributed by atoms with Crippen LogP contribution in [0.15, 0.2) is 48.5 Å². The van der Waals surface area contributed by atoms with Crippen molar-refractivity contribution in [3.8, 4) is 5.75 Å². The summed E-state index contributed by atoms with van der Waals surface area (Å²) in [6.45, 7) is 5.14. The minimum Gasteiger partial charge on any atom is -0.492 e. The predicted molar refractivity (Wildman–Crippen MR) is 104 cm³/mol. The summed E-state index contributed by atoms with van der Waals surface area (Å²) < 4.78 is 5.69. The molecular formula is C19H22N4O4. The molecule has 1 N–H and O–H groups in total. The van der Waals surface area contributed by atoms with Gasteiger partial charge in [-0.2, -0.15) is 0 Å². The van der Waals surface area contributed by atoms with Gasteiger partial charge in [0.25, 0.3) is 5.69 Å². The second-order valence-electron chi connectivity index (χ2n) is 6.11. The number of nitro benzene ring substituents is 1. The standard InChI is InChI=1S/C19H22N4O4/c1-2-27-18-6-4-3-5-17(18)21-11-13-22(14-12-21)19(24)20-15-7-9-16(10-8-15)23(25)26/h3-10H,2,11-14H2,1H3,(H,20,24). The van der Waals surface area contributed by atoms with E-state index in [1.165, 1.54) is 24.3 Å². The number of para-hydroxylation sites is 2. The number of carbonyl (C=O) groups excluding carboxylic acids is 1. The summed E-state index contributed by atoms with van der Waals surface area (Å²) in [5.74, 6) is 0.851. The number of hydrogen-bond donors (Lipinski definition) is 1. The lowest BCUT2D eigenvalue weighted by molar-refractivity contribution is -0.384. The molecule has 27 heavy (non-hydrogen) atoms. The molecule has 2 aromatic carbocycles. The molecule has 2 aromatic rings. The molecule has 1 aliphatic rings. The van der Waals surface area contributed by atoms with Crippen LogP contribution >= 0.6 is 0 Å². The highest BCUT2D eigenvalue weighted by molar-refractivity contribution is 5.89. The molecular weight excluding hydrogens is 348 g/mol. The van der Waals surface area contributed by atoms with Crippen molar-refractivity contribution in [3.63, 3.8) is 0 Å². The Morgan fingerprint density at radius 2 is 1.78 bits per heavy atom. The number of ether oxygens (including phenoxy) is 1. The molecule has 0 aliphatic carbocycles. The fourth-order valence-corrected chi connectivity index (χ4v) is 3.02. The van der Waals surface area contributed by atoms with Crippen LogP contribution in [0.2, 0.25) is 0 Å². The molecule has 8 nitrogen and oxygen atoms in total. The zero-order valence-corrected chi connectivity index (χ0v) is 15.1. The third-order valence-corrected chi connectivity index (χ3v) is 4.40. The van der Waals surface area contributed by atoms with E-state index in [-0.39, 0.29) is 11.7 Å². The maximum Gasteiger partial charge on any atom is 0.321 e. The number of amides is 2. The van der Waals surface area contributed by atoms with Crippen molar-refractivity contribution in [1.82, 2.24) is 4.90 Å². The van der Waals surface area contributed by atoms with Crippen molar-refractivity contribution in [2.24, 2.45) is 0 Å². The first kappa shape index (κ1) is 18.5. The van der Waals surface area contributed by atoms with E-state index in [0.29, 0.717) is 38.5 Å². The molecule has 0 saturated carbocycles. The first-order valence-electron chi connectivity index (χ1n) is 8.85. The highest BCUT2D eigenvalue weighted by Gasteiger charge is 2.23.